The fourth-order valence-corrected chi connectivity index (χ4v) is 3.01. The van der Waals surface area contributed by atoms with Gasteiger partial charge in [0, 0.05) is 12.6 Å². The van der Waals surface area contributed by atoms with E-state index >= 15 is 0 Å². The van der Waals surface area contributed by atoms with Crippen molar-refractivity contribution >= 4 is 0 Å². The summed E-state index contributed by atoms with van der Waals surface area (Å²) >= 11 is 0. The number of hydrogen-bond acceptors (Lipinski definition) is 3. The van der Waals surface area contributed by atoms with Crippen molar-refractivity contribution in [2.45, 2.75) is 63.5 Å². The summed E-state index contributed by atoms with van der Waals surface area (Å²) in [5, 5.41) is 12.8. The molecule has 1 heterocycles. The first-order valence-electron chi connectivity index (χ1n) is 7.15. The van der Waals surface area contributed by atoms with Gasteiger partial charge >= 0.3 is 0 Å². The molecule has 3 unspecified atom stereocenters. The van der Waals surface area contributed by atoms with Crippen molar-refractivity contribution < 1.29 is 4.74 Å². The zero-order valence-corrected chi connectivity index (χ0v) is 10.7. The quantitative estimate of drug-likeness (QED) is 0.763. The first kappa shape index (κ1) is 12.9. The van der Waals surface area contributed by atoms with E-state index < -0.39 is 0 Å². The minimum Gasteiger partial charge on any atom is -0.378 e. The molecule has 0 aromatic heterocycles. The molecule has 3 atom stereocenters. The predicted octanol–water partition coefficient (Wildman–Crippen LogP) is 2.62. The molecule has 2 rings (SSSR count). The second-order valence-corrected chi connectivity index (χ2v) is 5.36. The van der Waals surface area contributed by atoms with Crippen LogP contribution >= 0.6 is 0 Å². The topological polar surface area (TPSA) is 45.0 Å². The summed E-state index contributed by atoms with van der Waals surface area (Å²) in [4.78, 5) is 0. The molecule has 1 saturated heterocycles. The zero-order valence-electron chi connectivity index (χ0n) is 10.7. The van der Waals surface area contributed by atoms with Crippen LogP contribution in [0.1, 0.15) is 51.4 Å². The van der Waals surface area contributed by atoms with Gasteiger partial charge in [0.1, 0.15) is 0 Å². The van der Waals surface area contributed by atoms with Crippen LogP contribution in [0.15, 0.2) is 0 Å². The first-order chi connectivity index (χ1) is 8.40. The minimum absolute atomic E-state index is 0.224. The smallest absolute Gasteiger partial charge is 0.0672 e. The van der Waals surface area contributed by atoms with Gasteiger partial charge in [0.25, 0.3) is 0 Å². The second-order valence-electron chi connectivity index (χ2n) is 5.36. The monoisotopic (exact) mass is 236 g/mol. The van der Waals surface area contributed by atoms with Gasteiger partial charge < -0.3 is 10.1 Å². The minimum atomic E-state index is 0.224. The fraction of sp³-hybridized carbons (Fsp3) is 0.929. The maximum Gasteiger partial charge on any atom is 0.0672 e. The first-order valence-corrected chi connectivity index (χ1v) is 7.15. The molecule has 2 fully saturated rings. The third-order valence-corrected chi connectivity index (χ3v) is 4.08. The summed E-state index contributed by atoms with van der Waals surface area (Å²) in [5.41, 5.74) is 0. The Bertz CT molecular complexity index is 255. The van der Waals surface area contributed by atoms with E-state index in [2.05, 4.69) is 11.4 Å². The van der Waals surface area contributed by atoms with Crippen molar-refractivity contribution in [2.75, 3.05) is 13.2 Å². The number of nitriles is 1. The third-order valence-electron chi connectivity index (χ3n) is 4.08. The normalized spacial score (nSPS) is 34.2. The largest absolute Gasteiger partial charge is 0.378 e. The highest BCUT2D eigenvalue weighted by Crippen LogP contribution is 2.23. The summed E-state index contributed by atoms with van der Waals surface area (Å²) < 4.78 is 5.62. The van der Waals surface area contributed by atoms with Gasteiger partial charge in [0.15, 0.2) is 0 Å². The molecule has 0 bridgehead atoms. The lowest BCUT2D eigenvalue weighted by Crippen LogP contribution is -2.36. The van der Waals surface area contributed by atoms with Crippen molar-refractivity contribution in [2.24, 2.45) is 5.92 Å². The Morgan fingerprint density at radius 2 is 2.00 bits per heavy atom. The standard InChI is InChI=1S/C14H24N2O/c15-11-12-5-2-1-3-7-14(12)16-9-8-13-6-4-10-17-13/h12-14,16H,1-10H2. The summed E-state index contributed by atoms with van der Waals surface area (Å²) in [6, 6.07) is 2.90. The highest BCUT2D eigenvalue weighted by Gasteiger charge is 2.23. The Hall–Kier alpha value is -0.590. The van der Waals surface area contributed by atoms with E-state index in [0.29, 0.717) is 12.1 Å². The molecule has 0 radical (unpaired) electrons. The molecule has 0 aromatic rings. The van der Waals surface area contributed by atoms with E-state index in [1.54, 1.807) is 0 Å². The van der Waals surface area contributed by atoms with Gasteiger partial charge in [0.05, 0.1) is 18.1 Å². The van der Waals surface area contributed by atoms with Crippen molar-refractivity contribution in [3.63, 3.8) is 0 Å². The van der Waals surface area contributed by atoms with E-state index in [1.165, 1.54) is 38.5 Å². The summed E-state index contributed by atoms with van der Waals surface area (Å²) in [6.07, 6.45) is 10.0. The Morgan fingerprint density at radius 3 is 2.76 bits per heavy atom. The van der Waals surface area contributed by atoms with Crippen molar-refractivity contribution in [1.82, 2.24) is 5.32 Å². The molecule has 2 aliphatic rings. The molecule has 0 amide bonds. The SMILES string of the molecule is N#CC1CCCCCC1NCCC1CCCO1. The van der Waals surface area contributed by atoms with Crippen LogP contribution in [-0.4, -0.2) is 25.3 Å². The van der Waals surface area contributed by atoms with Crippen LogP contribution in [0.3, 0.4) is 0 Å². The average molecular weight is 236 g/mol. The third kappa shape index (κ3) is 3.97. The molecule has 1 aliphatic carbocycles. The molecule has 3 heteroatoms. The molecule has 1 saturated carbocycles. The van der Waals surface area contributed by atoms with Crippen LogP contribution in [-0.2, 0) is 4.74 Å². The number of ether oxygens (including phenoxy) is 1. The van der Waals surface area contributed by atoms with E-state index in [1.807, 2.05) is 0 Å². The molecular formula is C14H24N2O. The molecule has 0 spiro atoms. The molecule has 0 aromatic carbocycles. The second kappa shape index (κ2) is 6.98. The molecule has 3 nitrogen and oxygen atoms in total. The van der Waals surface area contributed by atoms with Crippen molar-refractivity contribution in [1.29, 1.82) is 5.26 Å². The lowest BCUT2D eigenvalue weighted by Gasteiger charge is -2.21. The average Bonchev–Trinajstić information content (AvgIpc) is 2.75. The lowest BCUT2D eigenvalue weighted by atomic mass is 9.96. The van der Waals surface area contributed by atoms with Gasteiger partial charge in [-0.15, -0.1) is 0 Å². The Balaban J connectivity index is 1.70. The molecule has 96 valence electrons. The lowest BCUT2D eigenvalue weighted by molar-refractivity contribution is 0.103. The van der Waals surface area contributed by atoms with Gasteiger partial charge in [0.2, 0.25) is 0 Å². The number of nitrogens with one attached hydrogen (secondary N) is 1. The van der Waals surface area contributed by atoms with Gasteiger partial charge in [-0.25, -0.2) is 0 Å². The number of hydrogen-bond donors (Lipinski definition) is 1. The molecule has 1 aliphatic heterocycles. The van der Waals surface area contributed by atoms with Crippen LogP contribution in [0.5, 0.6) is 0 Å². The summed E-state index contributed by atoms with van der Waals surface area (Å²) in [5.74, 6) is 0.224. The van der Waals surface area contributed by atoms with E-state index in [-0.39, 0.29) is 5.92 Å². The highest BCUT2D eigenvalue weighted by molar-refractivity contribution is 4.93. The predicted molar refractivity (Wildman–Crippen MR) is 67.6 cm³/mol. The maximum absolute atomic E-state index is 9.18. The molecule has 17 heavy (non-hydrogen) atoms. The summed E-state index contributed by atoms with van der Waals surface area (Å²) in [7, 11) is 0. The van der Waals surface area contributed by atoms with Gasteiger partial charge in [-0.3, -0.25) is 0 Å². The Labute approximate surface area is 105 Å². The van der Waals surface area contributed by atoms with E-state index in [9.17, 15) is 5.26 Å². The maximum atomic E-state index is 9.18. The van der Waals surface area contributed by atoms with E-state index in [4.69, 9.17) is 4.74 Å². The van der Waals surface area contributed by atoms with Gasteiger partial charge in [-0.05, 0) is 38.6 Å². The Morgan fingerprint density at radius 1 is 1.12 bits per heavy atom. The molecule has 1 N–H and O–H groups in total. The van der Waals surface area contributed by atoms with Gasteiger partial charge in [-0.2, -0.15) is 5.26 Å². The van der Waals surface area contributed by atoms with Crippen LogP contribution in [0.25, 0.3) is 0 Å². The highest BCUT2D eigenvalue weighted by atomic mass is 16.5. The van der Waals surface area contributed by atoms with Gasteiger partial charge in [-0.1, -0.05) is 19.3 Å². The Kier molecular flexibility index (Phi) is 5.28. The molecular weight excluding hydrogens is 212 g/mol. The fourth-order valence-electron chi connectivity index (χ4n) is 3.01. The van der Waals surface area contributed by atoms with Crippen LogP contribution < -0.4 is 5.32 Å². The van der Waals surface area contributed by atoms with E-state index in [0.717, 1.165) is 26.0 Å². The zero-order chi connectivity index (χ0) is 11.9. The number of nitrogens with zero attached hydrogens (tertiary/aromatic N) is 1. The van der Waals surface area contributed by atoms with Crippen LogP contribution in [0.4, 0.5) is 0 Å². The number of rotatable bonds is 4. The van der Waals surface area contributed by atoms with Crippen LogP contribution in [0.2, 0.25) is 0 Å². The van der Waals surface area contributed by atoms with Crippen molar-refractivity contribution in [3.8, 4) is 6.07 Å². The van der Waals surface area contributed by atoms with Crippen LogP contribution in [0, 0.1) is 17.2 Å². The van der Waals surface area contributed by atoms with Crippen molar-refractivity contribution in [3.05, 3.63) is 0 Å². The summed E-state index contributed by atoms with van der Waals surface area (Å²) in [6.45, 7) is 1.95.